The summed E-state index contributed by atoms with van der Waals surface area (Å²) in [6, 6.07) is 9.79. The number of hydrogen-bond acceptors (Lipinski definition) is 14. The van der Waals surface area contributed by atoms with E-state index in [4.69, 9.17) is 9.47 Å². The fraction of sp³-hybridized carbons (Fsp3) is 0.333. The molecule has 0 bridgehead atoms. The lowest BCUT2D eigenvalue weighted by molar-refractivity contribution is -0.706. The van der Waals surface area contributed by atoms with Crippen LogP contribution in [0, 0.1) is 0 Å². The monoisotopic (exact) mass is 684 g/mol. The van der Waals surface area contributed by atoms with Gasteiger partial charge in [0, 0.05) is 50.4 Å². The van der Waals surface area contributed by atoms with Crippen molar-refractivity contribution in [3.8, 4) is 23.3 Å². The van der Waals surface area contributed by atoms with E-state index in [-0.39, 0.29) is 73.8 Å². The molecule has 0 N–H and O–H groups in total. The molecule has 2 aromatic carbocycles. The molecule has 2 aliphatic heterocycles. The molecule has 2 aliphatic rings. The van der Waals surface area contributed by atoms with Crippen LogP contribution in [0.15, 0.2) is 77.4 Å². The standard InChI is InChI=1S/C24H24N6O12S3/c31-23-21(44(35,36)27-9-13-39-14-10-27)29(25-41-23)17-1-5-19(6-2-17)43(33,34)20-7-3-18(4-8-20)30-22(24(32)42-26-30)45(37,38)28-11-15-40-16-12-28/h1-8H,9-16H2. The maximum Gasteiger partial charge on any atom is 0.368 e. The van der Waals surface area contributed by atoms with E-state index in [1.165, 1.54) is 48.5 Å². The molecule has 240 valence electrons. The van der Waals surface area contributed by atoms with Crippen molar-refractivity contribution in [3.63, 3.8) is 0 Å². The van der Waals surface area contributed by atoms with E-state index >= 15 is 0 Å². The second kappa shape index (κ2) is 11.7. The van der Waals surface area contributed by atoms with Crippen molar-refractivity contribution in [3.05, 3.63) is 48.5 Å². The fourth-order valence-electron chi connectivity index (χ4n) is 4.73. The van der Waals surface area contributed by atoms with Crippen LogP contribution < -0.4 is 19.6 Å². The highest BCUT2D eigenvalue weighted by Gasteiger charge is 2.40. The summed E-state index contributed by atoms with van der Waals surface area (Å²) < 4.78 is 103. The van der Waals surface area contributed by atoms with Crippen LogP contribution in [0.1, 0.15) is 0 Å². The summed E-state index contributed by atoms with van der Waals surface area (Å²) in [7, 11) is -12.8. The summed E-state index contributed by atoms with van der Waals surface area (Å²) in [5.41, 5.74) is 0.0960. The fourth-order valence-corrected chi connectivity index (χ4v) is 8.95. The van der Waals surface area contributed by atoms with Gasteiger partial charge in [-0.3, -0.25) is 0 Å². The minimum absolute atomic E-state index is 0.0289. The molecule has 2 aromatic heterocycles. The van der Waals surface area contributed by atoms with Crippen LogP contribution in [-0.2, 0) is 39.4 Å². The Morgan fingerprint density at radius 1 is 0.578 bits per heavy atom. The van der Waals surface area contributed by atoms with Crippen molar-refractivity contribution in [1.82, 2.24) is 19.2 Å². The summed E-state index contributed by atoms with van der Waals surface area (Å²) in [5.74, 6) is -2.37. The van der Waals surface area contributed by atoms with Gasteiger partial charge >= 0.3 is 30.1 Å². The third kappa shape index (κ3) is 5.55. The van der Waals surface area contributed by atoms with Gasteiger partial charge in [-0.1, -0.05) is 0 Å². The molecule has 0 saturated carbocycles. The average Bonchev–Trinajstić information content (AvgIpc) is 3.65. The smallest absolute Gasteiger partial charge is 0.368 e. The third-order valence-electron chi connectivity index (χ3n) is 7.04. The predicted molar refractivity (Wildman–Crippen MR) is 140 cm³/mol. The van der Waals surface area contributed by atoms with Crippen LogP contribution >= 0.6 is 0 Å². The molecule has 4 aromatic rings. The highest BCUT2D eigenvalue weighted by atomic mass is 32.2. The Morgan fingerprint density at radius 2 is 0.911 bits per heavy atom. The molecular formula is C24H24N6O12S3. The Bertz CT molecular complexity index is 1890. The van der Waals surface area contributed by atoms with Gasteiger partial charge in [-0.2, -0.15) is 8.61 Å². The van der Waals surface area contributed by atoms with E-state index < -0.39 is 51.8 Å². The lowest BCUT2D eigenvalue weighted by atomic mass is 10.3. The maximum atomic E-state index is 13.4. The number of ether oxygens (including phenoxy) is 2. The molecule has 0 aliphatic carbocycles. The first-order chi connectivity index (χ1) is 21.4. The zero-order valence-electron chi connectivity index (χ0n) is 23.1. The van der Waals surface area contributed by atoms with E-state index in [2.05, 4.69) is 19.6 Å². The molecule has 6 rings (SSSR count). The van der Waals surface area contributed by atoms with Crippen molar-refractivity contribution in [2.45, 2.75) is 19.8 Å². The van der Waals surface area contributed by atoms with Crippen LogP contribution in [0.25, 0.3) is 11.4 Å². The first-order valence-corrected chi connectivity index (χ1v) is 17.6. The normalized spacial score (nSPS) is 17.4. The molecule has 21 heteroatoms. The Labute approximate surface area is 256 Å². The van der Waals surface area contributed by atoms with E-state index in [1.54, 1.807) is 0 Å². The molecule has 0 spiro atoms. The summed E-state index contributed by atoms with van der Waals surface area (Å²) in [6.07, 6.45) is 0. The van der Waals surface area contributed by atoms with Crippen molar-refractivity contribution >= 4 is 29.9 Å². The topological polar surface area (TPSA) is 233 Å². The van der Waals surface area contributed by atoms with Crippen molar-refractivity contribution in [2.24, 2.45) is 0 Å². The lowest BCUT2D eigenvalue weighted by Crippen LogP contribution is -2.47. The van der Waals surface area contributed by atoms with E-state index in [0.717, 1.165) is 18.0 Å². The number of hydrogen-bond donors (Lipinski definition) is 0. The maximum absolute atomic E-state index is 13.4. The van der Waals surface area contributed by atoms with Crippen LogP contribution in [-0.4, -0.2) is 97.0 Å². The van der Waals surface area contributed by atoms with Gasteiger partial charge in [0.1, 0.15) is 0 Å². The summed E-state index contributed by atoms with van der Waals surface area (Å²) in [4.78, 5) is -0.371. The second-order valence-corrected chi connectivity index (χ2v) is 15.3. The number of morpholine rings is 2. The van der Waals surface area contributed by atoms with Crippen LogP contribution in [0.3, 0.4) is 0 Å². The second-order valence-electron chi connectivity index (χ2n) is 9.68. The van der Waals surface area contributed by atoms with Gasteiger partial charge < -0.3 is 28.7 Å². The SMILES string of the molecule is O=S(=O)(c1ccc(-[n+]2noc([O-])c2S(=O)(=O)N2CCOCC2)cc1)c1ccc(-[n+]2noc([O-])c2S(=O)(=O)N2CCOCC2)cc1. The van der Waals surface area contributed by atoms with Crippen molar-refractivity contribution in [2.75, 3.05) is 52.6 Å². The van der Waals surface area contributed by atoms with E-state index in [9.17, 15) is 35.5 Å². The number of nitrogens with zero attached hydrogens (tertiary/aromatic N) is 6. The average molecular weight is 685 g/mol. The molecule has 2 fully saturated rings. The molecule has 0 amide bonds. The Balaban J connectivity index is 1.27. The quantitative estimate of drug-likeness (QED) is 0.171. The highest BCUT2D eigenvalue weighted by Crippen LogP contribution is 2.26. The van der Waals surface area contributed by atoms with E-state index in [1.807, 2.05) is 0 Å². The zero-order valence-corrected chi connectivity index (χ0v) is 25.5. The Kier molecular flexibility index (Phi) is 8.09. The third-order valence-corrected chi connectivity index (χ3v) is 12.6. The predicted octanol–water partition coefficient (Wildman–Crippen LogP) is -2.76. The van der Waals surface area contributed by atoms with Crippen molar-refractivity contribution in [1.29, 1.82) is 0 Å². The van der Waals surface area contributed by atoms with Gasteiger partial charge in [0.25, 0.3) is 0 Å². The van der Waals surface area contributed by atoms with Gasteiger partial charge in [-0.25, -0.2) is 25.3 Å². The molecular weight excluding hydrogens is 660 g/mol. The van der Waals surface area contributed by atoms with Crippen molar-refractivity contribution < 1.29 is 63.3 Å². The van der Waals surface area contributed by atoms with Crippen LogP contribution in [0.2, 0.25) is 0 Å². The number of rotatable bonds is 8. The minimum atomic E-state index is -4.30. The van der Waals surface area contributed by atoms with Gasteiger partial charge in [-0.15, -0.1) is 0 Å². The number of sulfonamides is 2. The van der Waals surface area contributed by atoms with Crippen LogP contribution in [0.5, 0.6) is 11.9 Å². The summed E-state index contributed by atoms with van der Waals surface area (Å²) >= 11 is 0. The summed E-state index contributed by atoms with van der Waals surface area (Å²) in [5, 5.41) is 30.3. The van der Waals surface area contributed by atoms with Gasteiger partial charge in [0.15, 0.2) is 11.9 Å². The molecule has 4 heterocycles. The van der Waals surface area contributed by atoms with Crippen LogP contribution in [0.4, 0.5) is 0 Å². The summed E-state index contributed by atoms with van der Waals surface area (Å²) in [6.45, 7) is 0.718. The first kappa shape index (κ1) is 31.0. The molecule has 18 nitrogen and oxygen atoms in total. The molecule has 0 unspecified atom stereocenters. The Hall–Kier alpha value is -3.99. The molecule has 0 atom stereocenters. The molecule has 45 heavy (non-hydrogen) atoms. The highest BCUT2D eigenvalue weighted by molar-refractivity contribution is 7.91. The number of sulfone groups is 1. The van der Waals surface area contributed by atoms with Gasteiger partial charge in [-0.05, 0) is 33.6 Å². The molecule has 2 saturated heterocycles. The molecule has 0 radical (unpaired) electrons. The van der Waals surface area contributed by atoms with Gasteiger partial charge in [0.05, 0.1) is 46.8 Å². The van der Waals surface area contributed by atoms with Gasteiger partial charge in [0.2, 0.25) is 21.2 Å². The minimum Gasteiger partial charge on any atom is -0.538 e. The number of aromatic nitrogens is 4. The van der Waals surface area contributed by atoms with E-state index in [0.29, 0.717) is 0 Å². The first-order valence-electron chi connectivity index (χ1n) is 13.2. The Morgan fingerprint density at radius 3 is 1.24 bits per heavy atom. The number of benzene rings is 2. The lowest BCUT2D eigenvalue weighted by Gasteiger charge is -2.24. The largest absolute Gasteiger partial charge is 0.538 e. The zero-order chi connectivity index (χ0) is 32.0.